The quantitative estimate of drug-likeness (QED) is 0.747. The highest BCUT2D eigenvalue weighted by molar-refractivity contribution is 7.93. The van der Waals surface area contributed by atoms with Gasteiger partial charge in [0.1, 0.15) is 0 Å². The first-order chi connectivity index (χ1) is 13.1. The number of ketones is 1. The van der Waals surface area contributed by atoms with E-state index in [4.69, 9.17) is 0 Å². The molecule has 1 aliphatic heterocycles. The van der Waals surface area contributed by atoms with Crippen molar-refractivity contribution in [1.82, 2.24) is 0 Å². The van der Waals surface area contributed by atoms with Gasteiger partial charge in [0, 0.05) is 17.8 Å². The molecule has 0 aromatic heterocycles. The Balaban J connectivity index is 1.91. The van der Waals surface area contributed by atoms with Gasteiger partial charge in [0.05, 0.1) is 16.3 Å². The van der Waals surface area contributed by atoms with E-state index in [0.29, 0.717) is 29.8 Å². The average molecular weight is 423 g/mol. The number of aryl methyl sites for hydroxylation is 1. The first-order valence-electron chi connectivity index (χ1n) is 8.85. The molecule has 7 nitrogen and oxygen atoms in total. The SMILES string of the molecule is CC(=O)c1cccc(NS(=O)(=O)c2ccc(N3CCCCS3(=O)=O)cc2C)c1. The van der Waals surface area contributed by atoms with Crippen molar-refractivity contribution in [2.24, 2.45) is 0 Å². The number of hydrogen-bond donors (Lipinski definition) is 1. The summed E-state index contributed by atoms with van der Waals surface area (Å²) in [5, 5.41) is 0. The number of sulfonamides is 2. The van der Waals surface area contributed by atoms with Crippen molar-refractivity contribution in [2.75, 3.05) is 21.3 Å². The van der Waals surface area contributed by atoms with Crippen LogP contribution in [0.5, 0.6) is 0 Å². The molecule has 2 aromatic rings. The zero-order chi connectivity index (χ0) is 20.5. The summed E-state index contributed by atoms with van der Waals surface area (Å²) < 4.78 is 53.9. The van der Waals surface area contributed by atoms with Crippen LogP contribution in [0.25, 0.3) is 0 Å². The second-order valence-corrected chi connectivity index (χ2v) is 10.5. The second-order valence-electron chi connectivity index (χ2n) is 6.79. The van der Waals surface area contributed by atoms with Gasteiger partial charge in [0.15, 0.2) is 5.78 Å². The third kappa shape index (κ3) is 4.20. The summed E-state index contributed by atoms with van der Waals surface area (Å²) in [6.45, 7) is 3.43. The van der Waals surface area contributed by atoms with Gasteiger partial charge >= 0.3 is 0 Å². The number of benzene rings is 2. The maximum Gasteiger partial charge on any atom is 0.262 e. The molecule has 9 heteroatoms. The van der Waals surface area contributed by atoms with Crippen molar-refractivity contribution in [3.8, 4) is 0 Å². The normalized spacial score (nSPS) is 16.6. The van der Waals surface area contributed by atoms with E-state index in [0.717, 1.165) is 6.42 Å². The van der Waals surface area contributed by atoms with Crippen LogP contribution < -0.4 is 9.03 Å². The van der Waals surface area contributed by atoms with Crippen LogP contribution >= 0.6 is 0 Å². The Morgan fingerprint density at radius 1 is 1.11 bits per heavy atom. The lowest BCUT2D eigenvalue weighted by molar-refractivity contribution is 0.101. The number of nitrogens with zero attached hydrogens (tertiary/aromatic N) is 1. The van der Waals surface area contributed by atoms with E-state index in [1.807, 2.05) is 0 Å². The van der Waals surface area contributed by atoms with E-state index in [1.54, 1.807) is 31.2 Å². The molecule has 3 rings (SSSR count). The number of Topliss-reactive ketones (excluding diaryl/α,β-unsaturated/α-hetero) is 1. The van der Waals surface area contributed by atoms with E-state index in [1.165, 1.54) is 29.4 Å². The van der Waals surface area contributed by atoms with Crippen molar-refractivity contribution in [3.63, 3.8) is 0 Å². The van der Waals surface area contributed by atoms with E-state index < -0.39 is 20.0 Å². The van der Waals surface area contributed by atoms with Gasteiger partial charge in [0.2, 0.25) is 10.0 Å². The molecule has 1 saturated heterocycles. The Hall–Kier alpha value is -2.39. The van der Waals surface area contributed by atoms with Gasteiger partial charge in [-0.05, 0) is 62.6 Å². The summed E-state index contributed by atoms with van der Waals surface area (Å²) in [6.07, 6.45) is 1.40. The number of anilines is 2. The standard InChI is InChI=1S/C19H22N2O5S2/c1-14-12-18(21-10-3-4-11-27(21,23)24)8-9-19(14)28(25,26)20-17-7-5-6-16(13-17)15(2)22/h5-9,12-13,20H,3-4,10-11H2,1-2H3. The van der Waals surface area contributed by atoms with Gasteiger partial charge in [-0.2, -0.15) is 0 Å². The van der Waals surface area contributed by atoms with Gasteiger partial charge in [-0.15, -0.1) is 0 Å². The molecule has 0 unspecified atom stereocenters. The van der Waals surface area contributed by atoms with Crippen LogP contribution in [0.1, 0.15) is 35.7 Å². The number of nitrogens with one attached hydrogen (secondary N) is 1. The van der Waals surface area contributed by atoms with Crippen molar-refractivity contribution in [2.45, 2.75) is 31.6 Å². The van der Waals surface area contributed by atoms with E-state index in [9.17, 15) is 21.6 Å². The molecule has 0 amide bonds. The van der Waals surface area contributed by atoms with Gasteiger partial charge in [-0.3, -0.25) is 13.8 Å². The molecule has 0 bridgehead atoms. The number of carbonyl (C=O) groups is 1. The van der Waals surface area contributed by atoms with Crippen LogP contribution in [0, 0.1) is 6.92 Å². The fourth-order valence-electron chi connectivity index (χ4n) is 3.18. The number of rotatable bonds is 5. The Morgan fingerprint density at radius 3 is 2.50 bits per heavy atom. The molecule has 0 saturated carbocycles. The molecule has 1 heterocycles. The molecule has 28 heavy (non-hydrogen) atoms. The molecule has 0 aliphatic carbocycles. The lowest BCUT2D eigenvalue weighted by Gasteiger charge is -2.28. The van der Waals surface area contributed by atoms with Crippen LogP contribution in [-0.2, 0) is 20.0 Å². The Labute approximate surface area is 165 Å². The van der Waals surface area contributed by atoms with Gasteiger partial charge in [-0.1, -0.05) is 12.1 Å². The minimum Gasteiger partial charge on any atom is -0.295 e. The lowest BCUT2D eigenvalue weighted by Crippen LogP contribution is -2.37. The molecule has 150 valence electrons. The highest BCUT2D eigenvalue weighted by atomic mass is 32.2. The first-order valence-corrected chi connectivity index (χ1v) is 11.9. The van der Waals surface area contributed by atoms with E-state index >= 15 is 0 Å². The summed E-state index contributed by atoms with van der Waals surface area (Å²) in [6, 6.07) is 10.7. The zero-order valence-corrected chi connectivity index (χ0v) is 17.3. The molecule has 2 aromatic carbocycles. The average Bonchev–Trinajstić information content (AvgIpc) is 2.60. The molecule has 0 spiro atoms. The molecule has 0 radical (unpaired) electrons. The summed E-state index contributed by atoms with van der Waals surface area (Å²) in [7, 11) is -7.26. The second kappa shape index (κ2) is 7.56. The Bertz CT molecular complexity index is 1120. The number of hydrogen-bond acceptors (Lipinski definition) is 5. The monoisotopic (exact) mass is 422 g/mol. The van der Waals surface area contributed by atoms with Crippen molar-refractivity contribution >= 4 is 37.2 Å². The highest BCUT2D eigenvalue weighted by Crippen LogP contribution is 2.28. The summed E-state index contributed by atoms with van der Waals surface area (Å²) in [5.74, 6) is -0.0653. The first kappa shape index (κ1) is 20.3. The summed E-state index contributed by atoms with van der Waals surface area (Å²) in [5.41, 5.74) is 1.60. The Kier molecular flexibility index (Phi) is 5.49. The van der Waals surface area contributed by atoms with Gasteiger partial charge < -0.3 is 0 Å². The fourth-order valence-corrected chi connectivity index (χ4v) is 6.09. The summed E-state index contributed by atoms with van der Waals surface area (Å²) >= 11 is 0. The molecule has 0 atom stereocenters. The van der Waals surface area contributed by atoms with Crippen molar-refractivity contribution in [1.29, 1.82) is 0 Å². The van der Waals surface area contributed by atoms with Gasteiger partial charge in [0.25, 0.3) is 10.0 Å². The van der Waals surface area contributed by atoms with Crippen LogP contribution in [0.3, 0.4) is 0 Å². The third-order valence-electron chi connectivity index (χ3n) is 4.61. The van der Waals surface area contributed by atoms with Crippen LogP contribution in [-0.4, -0.2) is 34.9 Å². The largest absolute Gasteiger partial charge is 0.295 e. The highest BCUT2D eigenvalue weighted by Gasteiger charge is 2.27. The lowest BCUT2D eigenvalue weighted by atomic mass is 10.1. The van der Waals surface area contributed by atoms with E-state index in [2.05, 4.69) is 4.72 Å². The van der Waals surface area contributed by atoms with Crippen LogP contribution in [0.4, 0.5) is 11.4 Å². The third-order valence-corrected chi connectivity index (χ3v) is 8.02. The molecule has 1 aliphatic rings. The van der Waals surface area contributed by atoms with Crippen LogP contribution in [0.15, 0.2) is 47.4 Å². The van der Waals surface area contributed by atoms with Crippen molar-refractivity contribution < 1.29 is 21.6 Å². The Morgan fingerprint density at radius 2 is 1.86 bits per heavy atom. The molecule has 1 fully saturated rings. The fraction of sp³-hybridized carbons (Fsp3) is 0.316. The zero-order valence-electron chi connectivity index (χ0n) is 15.7. The van der Waals surface area contributed by atoms with Crippen LogP contribution in [0.2, 0.25) is 0 Å². The van der Waals surface area contributed by atoms with Crippen molar-refractivity contribution in [3.05, 3.63) is 53.6 Å². The van der Waals surface area contributed by atoms with E-state index in [-0.39, 0.29) is 22.1 Å². The predicted molar refractivity (Wildman–Crippen MR) is 109 cm³/mol. The molecular formula is C19H22N2O5S2. The predicted octanol–water partition coefficient (Wildman–Crippen LogP) is 2.93. The minimum absolute atomic E-state index is 0.0545. The van der Waals surface area contributed by atoms with Gasteiger partial charge in [-0.25, -0.2) is 16.8 Å². The maximum absolute atomic E-state index is 12.8. The topological polar surface area (TPSA) is 101 Å². The number of carbonyl (C=O) groups excluding carboxylic acids is 1. The maximum atomic E-state index is 12.8. The molecule has 1 N–H and O–H groups in total. The summed E-state index contributed by atoms with van der Waals surface area (Å²) in [4.78, 5) is 11.6. The minimum atomic E-state index is -3.89. The molecular weight excluding hydrogens is 400 g/mol. The smallest absolute Gasteiger partial charge is 0.262 e.